The second kappa shape index (κ2) is 7.64. The zero-order chi connectivity index (χ0) is 15.6. The summed E-state index contributed by atoms with van der Waals surface area (Å²) in [5, 5.41) is 30.6. The monoisotopic (exact) mass is 375 g/mol. The molecule has 0 aromatic heterocycles. The minimum absolute atomic E-state index is 0. The summed E-state index contributed by atoms with van der Waals surface area (Å²) in [6, 6.07) is 8.48. The van der Waals surface area contributed by atoms with Gasteiger partial charge < -0.3 is 20.6 Å². The zero-order valence-corrected chi connectivity index (χ0v) is 12.1. The van der Waals surface area contributed by atoms with E-state index in [1.54, 1.807) is 12.1 Å². The van der Waals surface area contributed by atoms with Crippen LogP contribution in [0.1, 0.15) is 20.7 Å². The first-order chi connectivity index (χ1) is 9.90. The normalized spacial score (nSPS) is 9.68. The molecule has 22 heavy (non-hydrogen) atoms. The Balaban J connectivity index is 0.00000242. The average molecular weight is 376 g/mol. The molecule has 0 saturated heterocycles. The number of aromatic carboxylic acids is 1. The van der Waals surface area contributed by atoms with Crippen molar-refractivity contribution < 1.29 is 24.9 Å². The Hall–Kier alpha value is -1.54. The molecule has 0 fully saturated rings. The molecule has 8 heteroatoms. The summed E-state index contributed by atoms with van der Waals surface area (Å²) in [4.78, 5) is 23.1. The Morgan fingerprint density at radius 3 is 2.32 bits per heavy atom. The first-order valence-electron chi connectivity index (χ1n) is 5.75. The van der Waals surface area contributed by atoms with Crippen molar-refractivity contribution >= 4 is 63.1 Å². The molecule has 2 aromatic carbocycles. The molecule has 0 heterocycles. The van der Waals surface area contributed by atoms with Crippen LogP contribution in [0.4, 0.5) is 5.69 Å². The number of hydrogen-bond donors (Lipinski definition) is 4. The van der Waals surface area contributed by atoms with Crippen LogP contribution in [0.15, 0.2) is 40.9 Å². The van der Waals surface area contributed by atoms with Gasteiger partial charge in [0.15, 0.2) is 0 Å². The van der Waals surface area contributed by atoms with Crippen molar-refractivity contribution in [2.24, 2.45) is 0 Å². The summed E-state index contributed by atoms with van der Waals surface area (Å²) in [7, 11) is 0. The summed E-state index contributed by atoms with van der Waals surface area (Å²) in [5.41, 5.74) is -0.171. The standard InChI is InChI=1S/C14H10BrNO5.Na.H/c15-9-6-7(5-8(12(9)18)14(20)21)13(19)16-10-3-1-2-4-11(10)17;;/h1-6,17-18H,(H,16,19)(H,20,21);;. The summed E-state index contributed by atoms with van der Waals surface area (Å²) < 4.78 is 0.0878. The maximum atomic E-state index is 12.1. The van der Waals surface area contributed by atoms with Gasteiger partial charge in [0.1, 0.15) is 17.1 Å². The second-order valence-corrected chi connectivity index (χ2v) is 4.98. The number of phenolic OH excluding ortho intramolecular Hbond substituents is 1. The number of rotatable bonds is 3. The molecule has 0 spiro atoms. The van der Waals surface area contributed by atoms with Gasteiger partial charge in [0.25, 0.3) is 5.91 Å². The molecular weight excluding hydrogens is 365 g/mol. The number of phenols is 2. The van der Waals surface area contributed by atoms with E-state index in [4.69, 9.17) is 5.11 Å². The molecule has 0 radical (unpaired) electrons. The molecule has 2 aromatic rings. The quantitative estimate of drug-likeness (QED) is 0.485. The van der Waals surface area contributed by atoms with E-state index in [1.165, 1.54) is 18.2 Å². The van der Waals surface area contributed by atoms with Gasteiger partial charge in [-0.15, -0.1) is 0 Å². The van der Waals surface area contributed by atoms with Crippen molar-refractivity contribution in [3.8, 4) is 11.5 Å². The van der Waals surface area contributed by atoms with E-state index < -0.39 is 23.2 Å². The van der Waals surface area contributed by atoms with Crippen LogP contribution in [-0.2, 0) is 0 Å². The molecule has 0 unspecified atom stereocenters. The molecule has 0 aliphatic carbocycles. The predicted molar refractivity (Wildman–Crippen MR) is 86.0 cm³/mol. The first kappa shape index (κ1) is 18.5. The van der Waals surface area contributed by atoms with Crippen LogP contribution in [0.25, 0.3) is 0 Å². The van der Waals surface area contributed by atoms with Crippen molar-refractivity contribution in [1.82, 2.24) is 0 Å². The fraction of sp³-hybridized carbons (Fsp3) is 0. The van der Waals surface area contributed by atoms with E-state index >= 15 is 0 Å². The van der Waals surface area contributed by atoms with Crippen molar-refractivity contribution in [2.45, 2.75) is 0 Å². The Morgan fingerprint density at radius 2 is 1.73 bits per heavy atom. The second-order valence-electron chi connectivity index (χ2n) is 4.13. The molecule has 2 rings (SSSR count). The van der Waals surface area contributed by atoms with Crippen LogP contribution < -0.4 is 5.32 Å². The van der Waals surface area contributed by atoms with E-state index in [0.29, 0.717) is 0 Å². The Morgan fingerprint density at radius 1 is 1.09 bits per heavy atom. The van der Waals surface area contributed by atoms with Crippen LogP contribution in [0.5, 0.6) is 11.5 Å². The number of amides is 1. The molecule has 0 bridgehead atoms. The molecular formula is C14H11BrNNaO5. The number of carbonyl (C=O) groups is 2. The van der Waals surface area contributed by atoms with Gasteiger partial charge in [0, 0.05) is 5.56 Å². The minimum atomic E-state index is -1.36. The Kier molecular flexibility index (Phi) is 6.43. The van der Waals surface area contributed by atoms with Gasteiger partial charge in [-0.2, -0.15) is 0 Å². The molecule has 0 atom stereocenters. The SMILES string of the molecule is O=C(Nc1ccccc1O)c1cc(Br)c(O)c(C(=O)O)c1.[NaH]. The van der Waals surface area contributed by atoms with Crippen LogP contribution in [0, 0.1) is 0 Å². The fourth-order valence-corrected chi connectivity index (χ4v) is 2.13. The van der Waals surface area contributed by atoms with Crippen LogP contribution in [0.3, 0.4) is 0 Å². The summed E-state index contributed by atoms with van der Waals surface area (Å²) in [5.74, 6) is -2.53. The number of carboxylic acid groups (broad SMARTS) is 1. The van der Waals surface area contributed by atoms with Gasteiger partial charge in [-0.25, -0.2) is 4.79 Å². The number of nitrogens with one attached hydrogen (secondary N) is 1. The van der Waals surface area contributed by atoms with Gasteiger partial charge in [-0.3, -0.25) is 4.79 Å². The van der Waals surface area contributed by atoms with Gasteiger partial charge in [-0.1, -0.05) is 12.1 Å². The van der Waals surface area contributed by atoms with Crippen LogP contribution in [-0.4, -0.2) is 56.8 Å². The maximum absolute atomic E-state index is 12.1. The first-order valence-corrected chi connectivity index (χ1v) is 6.54. The van der Waals surface area contributed by atoms with Gasteiger partial charge in [-0.05, 0) is 40.2 Å². The average Bonchev–Trinajstić information content (AvgIpc) is 2.43. The molecule has 0 aliphatic rings. The number of halogens is 1. The van der Waals surface area contributed by atoms with E-state index in [-0.39, 0.29) is 51.0 Å². The number of carbonyl (C=O) groups excluding carboxylic acids is 1. The van der Waals surface area contributed by atoms with Crippen molar-refractivity contribution in [3.05, 3.63) is 52.0 Å². The number of aromatic hydroxyl groups is 2. The molecule has 0 saturated carbocycles. The number of hydrogen-bond acceptors (Lipinski definition) is 4. The third-order valence-corrected chi connectivity index (χ3v) is 3.31. The number of benzene rings is 2. The van der Waals surface area contributed by atoms with E-state index in [2.05, 4.69) is 21.2 Å². The third kappa shape index (κ3) is 4.01. The number of para-hydroxylation sites is 2. The fourth-order valence-electron chi connectivity index (χ4n) is 1.67. The topological polar surface area (TPSA) is 107 Å². The summed E-state index contributed by atoms with van der Waals surface area (Å²) >= 11 is 2.99. The number of anilines is 1. The number of carboxylic acids is 1. The Labute approximate surface area is 156 Å². The summed E-state index contributed by atoms with van der Waals surface area (Å²) in [6.07, 6.45) is 0. The van der Waals surface area contributed by atoms with Crippen LogP contribution in [0.2, 0.25) is 0 Å². The summed E-state index contributed by atoms with van der Waals surface area (Å²) in [6.45, 7) is 0. The molecule has 6 nitrogen and oxygen atoms in total. The third-order valence-electron chi connectivity index (χ3n) is 2.71. The van der Waals surface area contributed by atoms with Crippen molar-refractivity contribution in [3.63, 3.8) is 0 Å². The van der Waals surface area contributed by atoms with Gasteiger partial charge >= 0.3 is 35.5 Å². The van der Waals surface area contributed by atoms with Crippen molar-refractivity contribution in [2.75, 3.05) is 5.32 Å². The van der Waals surface area contributed by atoms with E-state index in [1.807, 2.05) is 0 Å². The van der Waals surface area contributed by atoms with Gasteiger partial charge in [0.2, 0.25) is 0 Å². The van der Waals surface area contributed by atoms with Crippen LogP contribution >= 0.6 is 15.9 Å². The molecule has 110 valence electrons. The predicted octanol–water partition coefficient (Wildman–Crippen LogP) is 2.16. The molecule has 1 amide bonds. The molecule has 0 aliphatic heterocycles. The Bertz CT molecular complexity index is 735. The zero-order valence-electron chi connectivity index (χ0n) is 10.5. The molecule has 4 N–H and O–H groups in total. The van der Waals surface area contributed by atoms with E-state index in [0.717, 1.165) is 6.07 Å². The van der Waals surface area contributed by atoms with Crippen molar-refractivity contribution in [1.29, 1.82) is 0 Å². The van der Waals surface area contributed by atoms with E-state index in [9.17, 15) is 19.8 Å². The van der Waals surface area contributed by atoms with Gasteiger partial charge in [0.05, 0.1) is 10.2 Å².